The molecule has 2 atom stereocenters. The fourth-order valence-electron chi connectivity index (χ4n) is 4.21. The Labute approximate surface area is 256 Å². The number of carbonyl (C=O) groups excluding carboxylic acids is 2. The lowest BCUT2D eigenvalue weighted by atomic mass is 9.90. The molecule has 3 N–H and O–H groups in total. The first-order valence-electron chi connectivity index (χ1n) is 16.0. The van der Waals surface area contributed by atoms with Gasteiger partial charge in [-0.3, -0.25) is 14.4 Å². The fraction of sp³-hybridized carbons (Fsp3) is 0.583. The van der Waals surface area contributed by atoms with E-state index in [4.69, 9.17) is 0 Å². The van der Waals surface area contributed by atoms with Crippen molar-refractivity contribution in [3.8, 4) is 0 Å². The normalized spacial score (nSPS) is 11.7. The maximum atomic E-state index is 12.2. The fourth-order valence-corrected chi connectivity index (χ4v) is 4.21. The molecule has 0 aromatic heterocycles. The van der Waals surface area contributed by atoms with Gasteiger partial charge < -0.3 is 15.7 Å². The van der Waals surface area contributed by atoms with Crippen LogP contribution in [0.15, 0.2) is 54.6 Å². The summed E-state index contributed by atoms with van der Waals surface area (Å²) < 4.78 is 0. The van der Waals surface area contributed by atoms with E-state index in [1.165, 1.54) is 36.8 Å². The molecule has 0 aliphatic heterocycles. The standard InChI is InChI=1S/C20H30N2O4.C12H18.C4H10/c1-3-4-5-7-10-16(20(25)26)13-15(2)19(24)21-14-18(23)22-17-11-8-6-9-12-17;1-3-5-11-7-9-12(6-4-2)10-8-11;1-4(2)3/h6,8-9,11-12,15-16H,3-5,7,10,13-14H2,1-2H3,(H,21,24)(H,22,23)(H,25,26);7-10H,3-6H2,1-2H3;4H,1-3H3. The average molecular weight is 583 g/mol. The Kier molecular flexibility index (Phi) is 22.6. The van der Waals surface area contributed by atoms with E-state index in [2.05, 4.69) is 76.4 Å². The Balaban J connectivity index is 0.000000863. The van der Waals surface area contributed by atoms with E-state index >= 15 is 0 Å². The van der Waals surface area contributed by atoms with Crippen LogP contribution in [0.4, 0.5) is 5.69 Å². The summed E-state index contributed by atoms with van der Waals surface area (Å²) >= 11 is 0. The lowest BCUT2D eigenvalue weighted by molar-refractivity contribution is -0.143. The minimum atomic E-state index is -0.858. The van der Waals surface area contributed by atoms with Crippen molar-refractivity contribution in [1.29, 1.82) is 0 Å². The third-order valence-corrected chi connectivity index (χ3v) is 6.42. The molecule has 2 rings (SSSR count). The molecular weight excluding hydrogens is 524 g/mol. The first-order valence-corrected chi connectivity index (χ1v) is 16.0. The van der Waals surface area contributed by atoms with Crippen molar-refractivity contribution in [1.82, 2.24) is 5.32 Å². The Morgan fingerprint density at radius 3 is 1.71 bits per heavy atom. The van der Waals surface area contributed by atoms with Crippen LogP contribution in [0.25, 0.3) is 0 Å². The summed E-state index contributed by atoms with van der Waals surface area (Å²) in [4.78, 5) is 35.4. The number of benzene rings is 2. The van der Waals surface area contributed by atoms with Crippen molar-refractivity contribution in [3.05, 3.63) is 65.7 Å². The van der Waals surface area contributed by atoms with Crippen LogP contribution in [0.3, 0.4) is 0 Å². The second kappa shape index (κ2) is 24.4. The van der Waals surface area contributed by atoms with Gasteiger partial charge in [-0.05, 0) is 54.9 Å². The smallest absolute Gasteiger partial charge is 0.306 e. The predicted molar refractivity (Wildman–Crippen MR) is 177 cm³/mol. The van der Waals surface area contributed by atoms with Crippen LogP contribution in [0.2, 0.25) is 0 Å². The minimum absolute atomic E-state index is 0.133. The first-order chi connectivity index (χ1) is 20.0. The molecule has 0 heterocycles. The van der Waals surface area contributed by atoms with Gasteiger partial charge in [0, 0.05) is 11.6 Å². The lowest BCUT2D eigenvalue weighted by Crippen LogP contribution is -2.37. The largest absolute Gasteiger partial charge is 0.481 e. The quantitative estimate of drug-likeness (QED) is 0.173. The molecule has 6 nitrogen and oxygen atoms in total. The number of aliphatic carboxylic acids is 1. The van der Waals surface area contributed by atoms with Gasteiger partial charge in [-0.1, -0.05) is 129 Å². The third-order valence-electron chi connectivity index (χ3n) is 6.42. The number of carboxylic acids is 1. The maximum absolute atomic E-state index is 12.2. The van der Waals surface area contributed by atoms with E-state index in [1.54, 1.807) is 19.1 Å². The predicted octanol–water partition coefficient (Wildman–Crippen LogP) is 8.69. The summed E-state index contributed by atoms with van der Waals surface area (Å²) in [5.41, 5.74) is 3.60. The number of rotatable bonds is 16. The van der Waals surface area contributed by atoms with Crippen LogP contribution in [0.1, 0.15) is 111 Å². The monoisotopic (exact) mass is 582 g/mol. The van der Waals surface area contributed by atoms with Crippen LogP contribution in [-0.2, 0) is 27.2 Å². The zero-order chi connectivity index (χ0) is 31.8. The Hall–Kier alpha value is -3.15. The molecule has 42 heavy (non-hydrogen) atoms. The molecule has 236 valence electrons. The van der Waals surface area contributed by atoms with Gasteiger partial charge in [0.15, 0.2) is 0 Å². The first kappa shape index (κ1) is 38.9. The number of aryl methyl sites for hydroxylation is 2. The summed E-state index contributed by atoms with van der Waals surface area (Å²) in [5.74, 6) is -1.61. The lowest BCUT2D eigenvalue weighted by Gasteiger charge is -2.17. The maximum Gasteiger partial charge on any atom is 0.306 e. The molecule has 2 aromatic carbocycles. The van der Waals surface area contributed by atoms with Crippen molar-refractivity contribution in [2.45, 2.75) is 113 Å². The molecule has 2 unspecified atom stereocenters. The van der Waals surface area contributed by atoms with E-state index in [0.29, 0.717) is 12.1 Å². The van der Waals surface area contributed by atoms with E-state index < -0.39 is 17.8 Å². The van der Waals surface area contributed by atoms with Crippen molar-refractivity contribution in [2.75, 3.05) is 11.9 Å². The SMILES string of the molecule is CC(C)C.CCCCCCC(CC(C)C(=O)NCC(=O)Nc1ccccc1)C(=O)O.CCCc1ccc(CCC)cc1. The number of unbranched alkanes of at least 4 members (excludes halogenated alkanes) is 3. The van der Waals surface area contributed by atoms with Gasteiger partial charge in [0.1, 0.15) is 0 Å². The summed E-state index contributed by atoms with van der Waals surface area (Å²) in [5, 5.41) is 14.6. The highest BCUT2D eigenvalue weighted by Crippen LogP contribution is 2.20. The van der Waals surface area contributed by atoms with Crippen molar-refractivity contribution in [3.63, 3.8) is 0 Å². The van der Waals surface area contributed by atoms with Crippen LogP contribution in [-0.4, -0.2) is 29.4 Å². The molecule has 6 heteroatoms. The number of anilines is 1. The second-order valence-electron chi connectivity index (χ2n) is 11.7. The highest BCUT2D eigenvalue weighted by molar-refractivity contribution is 5.94. The van der Waals surface area contributed by atoms with Gasteiger partial charge in [0.05, 0.1) is 12.5 Å². The highest BCUT2D eigenvalue weighted by Gasteiger charge is 2.24. The molecule has 0 spiro atoms. The van der Waals surface area contributed by atoms with Crippen LogP contribution in [0, 0.1) is 17.8 Å². The molecule has 0 radical (unpaired) electrons. The van der Waals surface area contributed by atoms with E-state index in [-0.39, 0.29) is 24.8 Å². The van der Waals surface area contributed by atoms with Crippen molar-refractivity contribution < 1.29 is 19.5 Å². The van der Waals surface area contributed by atoms with Gasteiger partial charge in [0.25, 0.3) is 0 Å². The number of nitrogens with one attached hydrogen (secondary N) is 2. The van der Waals surface area contributed by atoms with Crippen LogP contribution >= 0.6 is 0 Å². The summed E-state index contributed by atoms with van der Waals surface area (Å²) in [6, 6.07) is 18.0. The number of hydrogen-bond donors (Lipinski definition) is 3. The second-order valence-corrected chi connectivity index (χ2v) is 11.7. The number of carbonyl (C=O) groups is 3. The van der Waals surface area contributed by atoms with Crippen LogP contribution in [0.5, 0.6) is 0 Å². The van der Waals surface area contributed by atoms with Gasteiger partial charge >= 0.3 is 5.97 Å². The Morgan fingerprint density at radius 1 is 0.738 bits per heavy atom. The molecule has 0 aliphatic rings. The van der Waals surface area contributed by atoms with Gasteiger partial charge in [-0.2, -0.15) is 0 Å². The number of amides is 2. The minimum Gasteiger partial charge on any atom is -0.481 e. The molecule has 2 aromatic rings. The summed E-state index contributed by atoms with van der Waals surface area (Å²) in [6.45, 7) is 14.6. The Bertz CT molecular complexity index is 946. The zero-order valence-electron chi connectivity index (χ0n) is 27.4. The van der Waals surface area contributed by atoms with Gasteiger partial charge in [0.2, 0.25) is 11.8 Å². The molecule has 0 fully saturated rings. The van der Waals surface area contributed by atoms with E-state index in [0.717, 1.165) is 31.6 Å². The van der Waals surface area contributed by atoms with E-state index in [9.17, 15) is 19.5 Å². The zero-order valence-corrected chi connectivity index (χ0v) is 27.4. The van der Waals surface area contributed by atoms with E-state index in [1.807, 2.05) is 18.2 Å². The number of hydrogen-bond acceptors (Lipinski definition) is 3. The molecular formula is C36H58N2O4. The molecule has 0 bridgehead atoms. The third kappa shape index (κ3) is 20.7. The highest BCUT2D eigenvalue weighted by atomic mass is 16.4. The van der Waals surface area contributed by atoms with Crippen LogP contribution < -0.4 is 10.6 Å². The van der Waals surface area contributed by atoms with Crippen molar-refractivity contribution in [2.24, 2.45) is 17.8 Å². The average Bonchev–Trinajstić information content (AvgIpc) is 2.95. The number of carboxylic acid groups (broad SMARTS) is 1. The summed E-state index contributed by atoms with van der Waals surface area (Å²) in [6.07, 6.45) is 9.85. The van der Waals surface area contributed by atoms with Crippen molar-refractivity contribution >= 4 is 23.5 Å². The molecule has 0 saturated carbocycles. The number of para-hydroxylation sites is 1. The molecule has 2 amide bonds. The van der Waals surface area contributed by atoms with Gasteiger partial charge in [-0.25, -0.2) is 0 Å². The van der Waals surface area contributed by atoms with Gasteiger partial charge in [-0.15, -0.1) is 0 Å². The Morgan fingerprint density at radius 2 is 1.26 bits per heavy atom. The topological polar surface area (TPSA) is 95.5 Å². The molecule has 0 aliphatic carbocycles. The summed E-state index contributed by atoms with van der Waals surface area (Å²) in [7, 11) is 0. The molecule has 0 saturated heterocycles.